The van der Waals surface area contributed by atoms with Gasteiger partial charge in [-0.2, -0.15) is 0 Å². The SMILES string of the molecule is CCCC(CC)c1ccc(N)cc1F. The summed E-state index contributed by atoms with van der Waals surface area (Å²) in [4.78, 5) is 0. The molecule has 0 saturated heterocycles. The van der Waals surface area contributed by atoms with Crippen molar-refractivity contribution >= 4 is 5.69 Å². The molecular formula is C12H18FN. The van der Waals surface area contributed by atoms with E-state index in [1.807, 2.05) is 6.07 Å². The van der Waals surface area contributed by atoms with E-state index in [-0.39, 0.29) is 5.82 Å². The molecule has 1 rings (SSSR count). The van der Waals surface area contributed by atoms with E-state index in [1.54, 1.807) is 6.07 Å². The van der Waals surface area contributed by atoms with Gasteiger partial charge in [0.15, 0.2) is 0 Å². The zero-order chi connectivity index (χ0) is 10.6. The van der Waals surface area contributed by atoms with Crippen molar-refractivity contribution in [1.29, 1.82) is 0 Å². The van der Waals surface area contributed by atoms with Gasteiger partial charge in [-0.25, -0.2) is 4.39 Å². The van der Waals surface area contributed by atoms with Crippen molar-refractivity contribution in [2.45, 2.75) is 39.0 Å². The summed E-state index contributed by atoms with van der Waals surface area (Å²) in [6.45, 7) is 4.22. The number of halogens is 1. The average molecular weight is 195 g/mol. The third-order valence-electron chi connectivity index (χ3n) is 2.59. The van der Waals surface area contributed by atoms with Crippen molar-refractivity contribution in [2.75, 3.05) is 5.73 Å². The van der Waals surface area contributed by atoms with E-state index < -0.39 is 0 Å². The van der Waals surface area contributed by atoms with Crippen LogP contribution in [0.4, 0.5) is 10.1 Å². The predicted molar refractivity (Wildman–Crippen MR) is 58.8 cm³/mol. The van der Waals surface area contributed by atoms with Crippen molar-refractivity contribution in [2.24, 2.45) is 0 Å². The number of hydrogen-bond acceptors (Lipinski definition) is 1. The highest BCUT2D eigenvalue weighted by Crippen LogP contribution is 2.27. The fourth-order valence-corrected chi connectivity index (χ4v) is 1.80. The van der Waals surface area contributed by atoms with E-state index in [1.165, 1.54) is 6.07 Å². The van der Waals surface area contributed by atoms with Crippen molar-refractivity contribution in [3.63, 3.8) is 0 Å². The van der Waals surface area contributed by atoms with E-state index in [0.717, 1.165) is 24.8 Å². The largest absolute Gasteiger partial charge is 0.399 e. The van der Waals surface area contributed by atoms with Gasteiger partial charge in [-0.15, -0.1) is 0 Å². The Bertz CT molecular complexity index is 296. The third-order valence-corrected chi connectivity index (χ3v) is 2.59. The number of hydrogen-bond donors (Lipinski definition) is 1. The standard InChI is InChI=1S/C12H18FN/c1-3-5-9(4-2)11-7-6-10(14)8-12(11)13/h6-9H,3-5,14H2,1-2H3. The fourth-order valence-electron chi connectivity index (χ4n) is 1.80. The van der Waals surface area contributed by atoms with Crippen molar-refractivity contribution in [3.05, 3.63) is 29.6 Å². The molecule has 2 heteroatoms. The minimum atomic E-state index is -0.162. The molecule has 0 aliphatic heterocycles. The first-order valence-corrected chi connectivity index (χ1v) is 5.24. The molecule has 78 valence electrons. The zero-order valence-corrected chi connectivity index (χ0v) is 8.89. The van der Waals surface area contributed by atoms with Crippen LogP contribution in [-0.4, -0.2) is 0 Å². The molecule has 0 aliphatic carbocycles. The van der Waals surface area contributed by atoms with Crippen molar-refractivity contribution in [3.8, 4) is 0 Å². The molecule has 1 aromatic carbocycles. The first-order valence-electron chi connectivity index (χ1n) is 5.24. The number of anilines is 1. The van der Waals surface area contributed by atoms with Crippen molar-refractivity contribution in [1.82, 2.24) is 0 Å². The Morgan fingerprint density at radius 1 is 1.36 bits per heavy atom. The highest BCUT2D eigenvalue weighted by molar-refractivity contribution is 5.41. The molecule has 0 bridgehead atoms. The lowest BCUT2D eigenvalue weighted by atomic mass is 9.91. The Morgan fingerprint density at radius 2 is 2.07 bits per heavy atom. The maximum atomic E-state index is 13.5. The molecule has 1 nitrogen and oxygen atoms in total. The monoisotopic (exact) mass is 195 g/mol. The summed E-state index contributed by atoms with van der Waals surface area (Å²) in [6, 6.07) is 5.00. The van der Waals surface area contributed by atoms with E-state index in [2.05, 4.69) is 13.8 Å². The van der Waals surface area contributed by atoms with Crippen LogP contribution >= 0.6 is 0 Å². The molecular weight excluding hydrogens is 177 g/mol. The maximum Gasteiger partial charge on any atom is 0.128 e. The van der Waals surface area contributed by atoms with Gasteiger partial charge in [-0.3, -0.25) is 0 Å². The summed E-state index contributed by atoms with van der Waals surface area (Å²) >= 11 is 0. The molecule has 1 atom stereocenters. The zero-order valence-electron chi connectivity index (χ0n) is 8.89. The van der Waals surface area contributed by atoms with E-state index in [9.17, 15) is 4.39 Å². The molecule has 14 heavy (non-hydrogen) atoms. The van der Waals surface area contributed by atoms with Gasteiger partial charge in [0.2, 0.25) is 0 Å². The maximum absolute atomic E-state index is 13.5. The van der Waals surface area contributed by atoms with Crippen LogP contribution in [0.5, 0.6) is 0 Å². The topological polar surface area (TPSA) is 26.0 Å². The smallest absolute Gasteiger partial charge is 0.128 e. The number of rotatable bonds is 4. The van der Waals surface area contributed by atoms with Crippen LogP contribution in [0, 0.1) is 5.82 Å². The van der Waals surface area contributed by atoms with Crippen LogP contribution in [0.25, 0.3) is 0 Å². The van der Waals surface area contributed by atoms with Crippen LogP contribution in [0.15, 0.2) is 18.2 Å². The molecule has 1 aromatic rings. The van der Waals surface area contributed by atoms with Crippen LogP contribution in [-0.2, 0) is 0 Å². The highest BCUT2D eigenvalue weighted by atomic mass is 19.1. The molecule has 0 amide bonds. The van der Waals surface area contributed by atoms with Gasteiger partial charge >= 0.3 is 0 Å². The Balaban J connectivity index is 2.92. The molecule has 0 heterocycles. The van der Waals surface area contributed by atoms with Crippen LogP contribution < -0.4 is 5.73 Å². The van der Waals surface area contributed by atoms with Gasteiger partial charge in [-0.05, 0) is 36.5 Å². The molecule has 1 unspecified atom stereocenters. The van der Waals surface area contributed by atoms with Crippen LogP contribution in [0.2, 0.25) is 0 Å². The molecule has 0 spiro atoms. The number of nitrogens with two attached hydrogens (primary N) is 1. The lowest BCUT2D eigenvalue weighted by molar-refractivity contribution is 0.540. The molecule has 0 radical (unpaired) electrons. The van der Waals surface area contributed by atoms with Gasteiger partial charge in [-0.1, -0.05) is 26.3 Å². The summed E-state index contributed by atoms with van der Waals surface area (Å²) in [7, 11) is 0. The fraction of sp³-hybridized carbons (Fsp3) is 0.500. The van der Waals surface area contributed by atoms with Gasteiger partial charge < -0.3 is 5.73 Å². The third kappa shape index (κ3) is 2.47. The second kappa shape index (κ2) is 4.99. The lowest BCUT2D eigenvalue weighted by Gasteiger charge is -2.15. The summed E-state index contributed by atoms with van der Waals surface area (Å²) in [5.74, 6) is 0.172. The Kier molecular flexibility index (Phi) is 3.93. The summed E-state index contributed by atoms with van der Waals surface area (Å²) in [6.07, 6.45) is 3.11. The first kappa shape index (κ1) is 11.0. The lowest BCUT2D eigenvalue weighted by Crippen LogP contribution is -2.01. The van der Waals surface area contributed by atoms with Gasteiger partial charge in [0.1, 0.15) is 5.82 Å². The molecule has 2 N–H and O–H groups in total. The van der Waals surface area contributed by atoms with Crippen LogP contribution in [0.3, 0.4) is 0 Å². The Hall–Kier alpha value is -1.05. The second-order valence-electron chi connectivity index (χ2n) is 3.67. The molecule has 0 saturated carbocycles. The minimum absolute atomic E-state index is 0.162. The Morgan fingerprint density at radius 3 is 2.57 bits per heavy atom. The van der Waals surface area contributed by atoms with Gasteiger partial charge in [0, 0.05) is 5.69 Å². The van der Waals surface area contributed by atoms with E-state index in [4.69, 9.17) is 5.73 Å². The summed E-state index contributed by atoms with van der Waals surface area (Å²) in [5.41, 5.74) is 6.81. The quantitative estimate of drug-likeness (QED) is 0.728. The first-order chi connectivity index (χ1) is 6.69. The normalized spacial score (nSPS) is 12.8. The van der Waals surface area contributed by atoms with Crippen molar-refractivity contribution < 1.29 is 4.39 Å². The van der Waals surface area contributed by atoms with Gasteiger partial charge in [0.25, 0.3) is 0 Å². The summed E-state index contributed by atoms with van der Waals surface area (Å²) < 4.78 is 13.5. The van der Waals surface area contributed by atoms with Gasteiger partial charge in [0.05, 0.1) is 0 Å². The van der Waals surface area contributed by atoms with Crippen LogP contribution in [0.1, 0.15) is 44.6 Å². The molecule has 0 aliphatic rings. The number of benzene rings is 1. The predicted octanol–water partition coefficient (Wildman–Crippen LogP) is 3.70. The number of nitrogen functional groups attached to an aromatic ring is 1. The second-order valence-corrected chi connectivity index (χ2v) is 3.67. The van der Waals surface area contributed by atoms with E-state index >= 15 is 0 Å². The Labute approximate surface area is 85.1 Å². The summed E-state index contributed by atoms with van der Waals surface area (Å²) in [5, 5.41) is 0. The average Bonchev–Trinajstić information content (AvgIpc) is 2.15. The molecule has 0 fully saturated rings. The molecule has 0 aromatic heterocycles. The van der Waals surface area contributed by atoms with E-state index in [0.29, 0.717) is 11.6 Å². The highest BCUT2D eigenvalue weighted by Gasteiger charge is 2.12. The minimum Gasteiger partial charge on any atom is -0.399 e.